The van der Waals surface area contributed by atoms with Gasteiger partial charge in [0.15, 0.2) is 0 Å². The number of methoxy groups -OCH3 is 1. The van der Waals surface area contributed by atoms with E-state index in [1.165, 1.54) is 0 Å². The summed E-state index contributed by atoms with van der Waals surface area (Å²) in [5.74, 6) is 1.58. The van der Waals surface area contributed by atoms with Gasteiger partial charge in [-0.05, 0) is 18.2 Å². The molecule has 2 rings (SSSR count). The van der Waals surface area contributed by atoms with E-state index in [1.807, 2.05) is 0 Å². The second-order valence-electron chi connectivity index (χ2n) is 4.38. The second kappa shape index (κ2) is 6.04. The predicted octanol–water partition coefficient (Wildman–Crippen LogP) is 2.90. The van der Waals surface area contributed by atoms with E-state index in [0.29, 0.717) is 35.1 Å². The summed E-state index contributed by atoms with van der Waals surface area (Å²) in [4.78, 5) is 0. The number of rotatable bonds is 5. The Bertz CT molecular complexity index is 555. The van der Waals surface area contributed by atoms with Gasteiger partial charge in [-0.25, -0.2) is 0 Å². The Balaban J connectivity index is 2.22. The van der Waals surface area contributed by atoms with E-state index < -0.39 is 0 Å². The molecule has 0 aliphatic heterocycles. The molecule has 0 fully saturated rings. The summed E-state index contributed by atoms with van der Waals surface area (Å²) in [5.41, 5.74) is 0.732. The minimum absolute atomic E-state index is 0.361. The summed E-state index contributed by atoms with van der Waals surface area (Å²) in [5, 5.41) is 11.8. The molecule has 0 bridgehead atoms. The highest BCUT2D eigenvalue weighted by Gasteiger charge is 2.13. The average molecular weight is 282 g/mol. The van der Waals surface area contributed by atoms with Crippen molar-refractivity contribution in [3.8, 4) is 17.2 Å². The lowest BCUT2D eigenvalue weighted by atomic mass is 10.2. The molecule has 0 aliphatic carbocycles. The maximum Gasteiger partial charge on any atom is 0.251 e. The number of benzene rings is 1. The fourth-order valence-electron chi connectivity index (χ4n) is 1.57. The SMILES string of the molecule is COc1cc(Cl)ccc1-c1nnc(CNC(C)C)o1. The molecule has 5 nitrogen and oxygen atoms in total. The molecule has 1 N–H and O–H groups in total. The zero-order valence-corrected chi connectivity index (χ0v) is 11.9. The molecule has 0 saturated carbocycles. The lowest BCUT2D eigenvalue weighted by molar-refractivity contribution is 0.412. The summed E-state index contributed by atoms with van der Waals surface area (Å²) < 4.78 is 10.9. The minimum Gasteiger partial charge on any atom is -0.496 e. The Morgan fingerprint density at radius 2 is 2.16 bits per heavy atom. The molecule has 6 heteroatoms. The van der Waals surface area contributed by atoms with Gasteiger partial charge < -0.3 is 14.5 Å². The van der Waals surface area contributed by atoms with Crippen LogP contribution in [0.4, 0.5) is 0 Å². The molecule has 19 heavy (non-hydrogen) atoms. The number of aromatic nitrogens is 2. The van der Waals surface area contributed by atoms with Gasteiger partial charge in [0, 0.05) is 11.1 Å². The molecule has 0 unspecified atom stereocenters. The molecule has 0 atom stereocenters. The van der Waals surface area contributed by atoms with E-state index in [2.05, 4.69) is 29.4 Å². The first kappa shape index (κ1) is 13.8. The summed E-state index contributed by atoms with van der Waals surface area (Å²) >= 11 is 5.92. The quantitative estimate of drug-likeness (QED) is 0.913. The van der Waals surface area contributed by atoms with Gasteiger partial charge in [-0.1, -0.05) is 25.4 Å². The smallest absolute Gasteiger partial charge is 0.251 e. The fraction of sp³-hybridized carbons (Fsp3) is 0.385. The molecule has 102 valence electrons. The van der Waals surface area contributed by atoms with Crippen LogP contribution in [0.2, 0.25) is 5.02 Å². The third-order valence-corrected chi connectivity index (χ3v) is 2.76. The van der Waals surface area contributed by atoms with Crippen molar-refractivity contribution in [1.29, 1.82) is 0 Å². The summed E-state index contributed by atoms with van der Waals surface area (Å²) in [6.45, 7) is 4.65. The maximum atomic E-state index is 5.92. The molecule has 2 aromatic rings. The van der Waals surface area contributed by atoms with Crippen LogP contribution < -0.4 is 10.1 Å². The number of halogens is 1. The van der Waals surface area contributed by atoms with Crippen molar-refractivity contribution in [2.24, 2.45) is 0 Å². The second-order valence-corrected chi connectivity index (χ2v) is 4.82. The highest BCUT2D eigenvalue weighted by molar-refractivity contribution is 6.30. The van der Waals surface area contributed by atoms with E-state index in [0.717, 1.165) is 5.56 Å². The van der Waals surface area contributed by atoms with Crippen LogP contribution in [0.15, 0.2) is 22.6 Å². The first-order chi connectivity index (χ1) is 9.10. The fourth-order valence-corrected chi connectivity index (χ4v) is 1.73. The van der Waals surface area contributed by atoms with Crippen LogP contribution in [-0.2, 0) is 6.54 Å². The van der Waals surface area contributed by atoms with Crippen molar-refractivity contribution in [3.63, 3.8) is 0 Å². The van der Waals surface area contributed by atoms with Gasteiger partial charge in [-0.3, -0.25) is 0 Å². The van der Waals surface area contributed by atoms with Crippen molar-refractivity contribution in [2.45, 2.75) is 26.4 Å². The minimum atomic E-state index is 0.361. The van der Waals surface area contributed by atoms with E-state index in [9.17, 15) is 0 Å². The monoisotopic (exact) mass is 281 g/mol. The summed E-state index contributed by atoms with van der Waals surface area (Å²) in [6, 6.07) is 5.64. The van der Waals surface area contributed by atoms with Gasteiger partial charge in [0.2, 0.25) is 5.89 Å². The molecular weight excluding hydrogens is 266 g/mol. The zero-order valence-electron chi connectivity index (χ0n) is 11.1. The van der Waals surface area contributed by atoms with Crippen LogP contribution in [0, 0.1) is 0 Å². The van der Waals surface area contributed by atoms with Crippen LogP contribution in [-0.4, -0.2) is 23.3 Å². The maximum absolute atomic E-state index is 5.92. The molecule has 0 saturated heterocycles. The Hall–Kier alpha value is -1.59. The van der Waals surface area contributed by atoms with Crippen LogP contribution in [0.25, 0.3) is 11.5 Å². The Kier molecular flexibility index (Phi) is 4.39. The molecule has 1 aromatic heterocycles. The van der Waals surface area contributed by atoms with Crippen molar-refractivity contribution >= 4 is 11.6 Å². The van der Waals surface area contributed by atoms with Crippen LogP contribution in [0.1, 0.15) is 19.7 Å². The van der Waals surface area contributed by atoms with E-state index in [1.54, 1.807) is 25.3 Å². The number of hydrogen-bond acceptors (Lipinski definition) is 5. The summed E-state index contributed by atoms with van der Waals surface area (Å²) in [7, 11) is 1.58. The van der Waals surface area contributed by atoms with Crippen LogP contribution >= 0.6 is 11.6 Å². The van der Waals surface area contributed by atoms with Gasteiger partial charge in [-0.2, -0.15) is 0 Å². The zero-order chi connectivity index (χ0) is 13.8. The molecule has 0 amide bonds. The Morgan fingerprint density at radius 1 is 1.37 bits per heavy atom. The molecule has 0 radical (unpaired) electrons. The third kappa shape index (κ3) is 3.45. The normalized spacial score (nSPS) is 11.0. The van der Waals surface area contributed by atoms with Crippen LogP contribution in [0.3, 0.4) is 0 Å². The number of hydrogen-bond donors (Lipinski definition) is 1. The lowest BCUT2D eigenvalue weighted by Crippen LogP contribution is -2.21. The van der Waals surface area contributed by atoms with Gasteiger partial charge in [0.05, 0.1) is 19.2 Å². The number of ether oxygens (including phenoxy) is 1. The molecule has 1 aromatic carbocycles. The van der Waals surface area contributed by atoms with Gasteiger partial charge >= 0.3 is 0 Å². The van der Waals surface area contributed by atoms with Crippen molar-refractivity contribution < 1.29 is 9.15 Å². The summed E-state index contributed by atoms with van der Waals surface area (Å²) in [6.07, 6.45) is 0. The predicted molar refractivity (Wildman–Crippen MR) is 73.3 cm³/mol. The van der Waals surface area contributed by atoms with E-state index >= 15 is 0 Å². The molecule has 0 spiro atoms. The Morgan fingerprint density at radius 3 is 2.84 bits per heavy atom. The van der Waals surface area contributed by atoms with E-state index in [4.69, 9.17) is 20.8 Å². The van der Waals surface area contributed by atoms with Gasteiger partial charge in [-0.15, -0.1) is 10.2 Å². The van der Waals surface area contributed by atoms with E-state index in [-0.39, 0.29) is 0 Å². The molecule has 0 aliphatic rings. The largest absolute Gasteiger partial charge is 0.496 e. The van der Waals surface area contributed by atoms with Crippen LogP contribution in [0.5, 0.6) is 5.75 Å². The number of nitrogens with one attached hydrogen (secondary N) is 1. The topological polar surface area (TPSA) is 60.2 Å². The standard InChI is InChI=1S/C13H16ClN3O2/c1-8(2)15-7-12-16-17-13(19-12)10-5-4-9(14)6-11(10)18-3/h4-6,8,15H,7H2,1-3H3. The van der Waals surface area contributed by atoms with Gasteiger partial charge in [0.1, 0.15) is 5.75 Å². The Labute approximate surface area is 116 Å². The first-order valence-electron chi connectivity index (χ1n) is 6.00. The molecular formula is C13H16ClN3O2. The molecule has 1 heterocycles. The van der Waals surface area contributed by atoms with Gasteiger partial charge in [0.25, 0.3) is 5.89 Å². The van der Waals surface area contributed by atoms with Crippen molar-refractivity contribution in [3.05, 3.63) is 29.1 Å². The average Bonchev–Trinajstić information content (AvgIpc) is 2.84. The highest BCUT2D eigenvalue weighted by Crippen LogP contribution is 2.31. The van der Waals surface area contributed by atoms with Crippen molar-refractivity contribution in [1.82, 2.24) is 15.5 Å². The number of nitrogens with zero attached hydrogens (tertiary/aromatic N) is 2. The third-order valence-electron chi connectivity index (χ3n) is 2.52. The first-order valence-corrected chi connectivity index (χ1v) is 6.37. The lowest BCUT2D eigenvalue weighted by Gasteiger charge is -2.05. The highest BCUT2D eigenvalue weighted by atomic mass is 35.5. The van der Waals surface area contributed by atoms with Crippen molar-refractivity contribution in [2.75, 3.05) is 7.11 Å².